The molecule has 0 saturated heterocycles. The largest absolute Gasteiger partial charge is 0.390 e. The molecule has 0 aromatic heterocycles. The van der Waals surface area contributed by atoms with E-state index in [1.807, 2.05) is 0 Å². The van der Waals surface area contributed by atoms with E-state index in [2.05, 4.69) is 23.2 Å². The fourth-order valence-corrected chi connectivity index (χ4v) is 0.494. The van der Waals surface area contributed by atoms with Crippen molar-refractivity contribution >= 4 is 29.2 Å². The second kappa shape index (κ2) is 3.20. The summed E-state index contributed by atoms with van der Waals surface area (Å²) in [6.45, 7) is 0. The van der Waals surface area contributed by atoms with Gasteiger partial charge in [-0.3, -0.25) is 4.79 Å². The highest BCUT2D eigenvalue weighted by Gasteiger charge is 2.73. The van der Waals surface area contributed by atoms with E-state index in [1.165, 1.54) is 0 Å². The van der Waals surface area contributed by atoms with Gasteiger partial charge in [-0.2, -0.15) is 22.0 Å². The minimum Gasteiger partial charge on any atom is -0.254 e. The third-order valence-electron chi connectivity index (χ3n) is 0.997. The van der Waals surface area contributed by atoms with E-state index in [1.54, 1.807) is 0 Å². The molecule has 1 unspecified atom stereocenters. The SMILES string of the molecule is O=C(F)C(F)(F)C(F)(Cl)C(F)(F)Cl. The molecule has 0 aromatic carbocycles. The Balaban J connectivity index is 5.16. The first-order valence-corrected chi connectivity index (χ1v) is 3.22. The zero-order valence-corrected chi connectivity index (χ0v) is 6.94. The standard InChI is InChI=1S/C4Cl2F6O/c5-3(10,4(6,11)12)2(8,9)1(7)13. The van der Waals surface area contributed by atoms with Crippen molar-refractivity contribution in [2.45, 2.75) is 16.4 Å². The normalized spacial score (nSPS) is 18.2. The average molecular weight is 249 g/mol. The summed E-state index contributed by atoms with van der Waals surface area (Å²) in [5.41, 5.74) is 0. The van der Waals surface area contributed by atoms with E-state index >= 15 is 0 Å². The van der Waals surface area contributed by atoms with Gasteiger partial charge in [0.1, 0.15) is 0 Å². The van der Waals surface area contributed by atoms with Gasteiger partial charge in [0.15, 0.2) is 0 Å². The van der Waals surface area contributed by atoms with Crippen molar-refractivity contribution in [3.63, 3.8) is 0 Å². The first kappa shape index (κ1) is 12.8. The van der Waals surface area contributed by atoms with Crippen LogP contribution in [0, 0.1) is 0 Å². The van der Waals surface area contributed by atoms with E-state index < -0.39 is 22.5 Å². The quantitative estimate of drug-likeness (QED) is 0.427. The molecule has 1 atom stereocenters. The van der Waals surface area contributed by atoms with Crippen LogP contribution in [0.3, 0.4) is 0 Å². The molecule has 0 amide bonds. The molecule has 0 aliphatic heterocycles. The summed E-state index contributed by atoms with van der Waals surface area (Å²) in [6.07, 6.45) is 0. The molecule has 13 heavy (non-hydrogen) atoms. The van der Waals surface area contributed by atoms with Gasteiger partial charge < -0.3 is 0 Å². The third-order valence-corrected chi connectivity index (χ3v) is 1.83. The molecule has 0 fully saturated rings. The van der Waals surface area contributed by atoms with Crippen LogP contribution in [0.15, 0.2) is 0 Å². The number of hydrogen-bond acceptors (Lipinski definition) is 1. The van der Waals surface area contributed by atoms with Gasteiger partial charge in [0.05, 0.1) is 0 Å². The average Bonchev–Trinajstić information content (AvgIpc) is 1.84. The van der Waals surface area contributed by atoms with Crippen molar-refractivity contribution in [2.24, 2.45) is 0 Å². The second-order valence-electron chi connectivity index (χ2n) is 1.92. The molecule has 0 heterocycles. The van der Waals surface area contributed by atoms with Crippen LogP contribution in [0.25, 0.3) is 0 Å². The molecule has 0 spiro atoms. The second-order valence-corrected chi connectivity index (χ2v) is 2.92. The summed E-state index contributed by atoms with van der Waals surface area (Å²) >= 11 is 7.75. The van der Waals surface area contributed by atoms with Gasteiger partial charge in [-0.05, 0) is 11.6 Å². The number of carbonyl (C=O) groups is 1. The van der Waals surface area contributed by atoms with Crippen molar-refractivity contribution in [1.82, 2.24) is 0 Å². The van der Waals surface area contributed by atoms with Crippen LogP contribution in [0.2, 0.25) is 0 Å². The number of hydrogen-bond donors (Lipinski definition) is 0. The Morgan fingerprint density at radius 1 is 1.00 bits per heavy atom. The van der Waals surface area contributed by atoms with E-state index in [-0.39, 0.29) is 0 Å². The maximum Gasteiger partial charge on any atom is 0.390 e. The number of rotatable bonds is 3. The molecule has 0 bridgehead atoms. The molecule has 0 saturated carbocycles. The summed E-state index contributed by atoms with van der Waals surface area (Å²) < 4.78 is 71.4. The summed E-state index contributed by atoms with van der Waals surface area (Å²) in [6, 6.07) is -3.63. The lowest BCUT2D eigenvalue weighted by atomic mass is 10.2. The van der Waals surface area contributed by atoms with Crippen LogP contribution in [-0.4, -0.2) is 22.5 Å². The Morgan fingerprint density at radius 2 is 1.31 bits per heavy atom. The highest BCUT2D eigenvalue weighted by Crippen LogP contribution is 2.50. The molecule has 0 N–H and O–H groups in total. The highest BCUT2D eigenvalue weighted by molar-refractivity contribution is 6.34. The Labute approximate surface area is 77.6 Å². The van der Waals surface area contributed by atoms with Gasteiger partial charge in [0, 0.05) is 0 Å². The summed E-state index contributed by atoms with van der Waals surface area (Å²) in [5, 5.41) is -10.6. The molecule has 78 valence electrons. The van der Waals surface area contributed by atoms with Crippen molar-refractivity contribution in [1.29, 1.82) is 0 Å². The molecule has 0 aliphatic carbocycles. The predicted molar refractivity (Wildman–Crippen MR) is 31.6 cm³/mol. The first-order valence-electron chi connectivity index (χ1n) is 2.47. The Bertz CT molecular complexity index is 221. The first-order chi connectivity index (χ1) is 5.44. The number of halogens is 8. The maximum atomic E-state index is 12.3. The zero-order valence-electron chi connectivity index (χ0n) is 5.43. The molecular formula is C4Cl2F6O. The monoisotopic (exact) mass is 248 g/mol. The van der Waals surface area contributed by atoms with Crippen molar-refractivity contribution in [3.05, 3.63) is 0 Å². The van der Waals surface area contributed by atoms with Crippen LogP contribution in [-0.2, 0) is 4.79 Å². The summed E-state index contributed by atoms with van der Waals surface area (Å²) in [4.78, 5) is 9.43. The van der Waals surface area contributed by atoms with Gasteiger partial charge >= 0.3 is 22.5 Å². The van der Waals surface area contributed by atoms with Crippen molar-refractivity contribution in [2.75, 3.05) is 0 Å². The Morgan fingerprint density at radius 3 is 1.38 bits per heavy atom. The van der Waals surface area contributed by atoms with E-state index in [0.717, 1.165) is 0 Å². The van der Waals surface area contributed by atoms with Gasteiger partial charge in [-0.1, -0.05) is 11.6 Å². The van der Waals surface area contributed by atoms with Crippen molar-refractivity contribution < 1.29 is 31.1 Å². The smallest absolute Gasteiger partial charge is 0.254 e. The minimum absolute atomic E-state index is 3.63. The lowest BCUT2D eigenvalue weighted by molar-refractivity contribution is -0.194. The van der Waals surface area contributed by atoms with Gasteiger partial charge in [0.25, 0.3) is 0 Å². The molecule has 9 heteroatoms. The van der Waals surface area contributed by atoms with Gasteiger partial charge in [-0.15, -0.1) is 0 Å². The molecule has 0 rings (SSSR count). The number of alkyl halides is 7. The fourth-order valence-electron chi connectivity index (χ4n) is 0.301. The van der Waals surface area contributed by atoms with Gasteiger partial charge in [-0.25, -0.2) is 4.39 Å². The Kier molecular flexibility index (Phi) is 3.16. The van der Waals surface area contributed by atoms with Crippen LogP contribution in [0.5, 0.6) is 0 Å². The Hall–Kier alpha value is -0.170. The maximum absolute atomic E-state index is 12.3. The van der Waals surface area contributed by atoms with Crippen LogP contribution >= 0.6 is 23.2 Å². The van der Waals surface area contributed by atoms with E-state index in [9.17, 15) is 31.1 Å². The van der Waals surface area contributed by atoms with Crippen LogP contribution in [0.4, 0.5) is 26.3 Å². The fraction of sp³-hybridized carbons (Fsp3) is 0.750. The zero-order chi connectivity index (χ0) is 11.1. The van der Waals surface area contributed by atoms with Crippen LogP contribution in [0.1, 0.15) is 0 Å². The molecular weight excluding hydrogens is 249 g/mol. The molecule has 0 aromatic rings. The molecule has 0 aliphatic rings. The molecule has 0 radical (unpaired) electrons. The summed E-state index contributed by atoms with van der Waals surface area (Å²) in [7, 11) is 0. The third kappa shape index (κ3) is 2.01. The predicted octanol–water partition coefficient (Wildman–Crippen LogP) is 2.85. The topological polar surface area (TPSA) is 17.1 Å². The number of carbonyl (C=O) groups excluding carboxylic acids is 1. The van der Waals surface area contributed by atoms with E-state index in [0.29, 0.717) is 0 Å². The van der Waals surface area contributed by atoms with Gasteiger partial charge in [0.2, 0.25) is 0 Å². The minimum atomic E-state index is -5.71. The van der Waals surface area contributed by atoms with E-state index in [4.69, 9.17) is 0 Å². The summed E-state index contributed by atoms with van der Waals surface area (Å²) in [5.74, 6) is -5.71. The van der Waals surface area contributed by atoms with Crippen LogP contribution < -0.4 is 0 Å². The highest BCUT2D eigenvalue weighted by atomic mass is 35.5. The molecule has 1 nitrogen and oxygen atoms in total. The lowest BCUT2D eigenvalue weighted by Gasteiger charge is -2.27. The van der Waals surface area contributed by atoms with Crippen molar-refractivity contribution in [3.8, 4) is 0 Å². The lowest BCUT2D eigenvalue weighted by Crippen LogP contribution is -2.53.